The number of aromatic nitrogens is 3. The first-order chi connectivity index (χ1) is 9.86. The fourth-order valence-corrected chi connectivity index (χ4v) is 2.84. The summed E-state index contributed by atoms with van der Waals surface area (Å²) in [6.45, 7) is 8.83. The number of aryl methyl sites for hydroxylation is 2. The number of rotatable bonds is 1. The van der Waals surface area contributed by atoms with Gasteiger partial charge < -0.3 is 0 Å². The quantitative estimate of drug-likeness (QED) is 0.667. The molecule has 2 aromatic heterocycles. The fourth-order valence-electron chi connectivity index (χ4n) is 2.84. The third-order valence-electron chi connectivity index (χ3n) is 3.85. The summed E-state index contributed by atoms with van der Waals surface area (Å²) in [7, 11) is 1.93. The molecular formula is C18H21N3. The van der Waals surface area contributed by atoms with Gasteiger partial charge in [0.1, 0.15) is 0 Å². The highest BCUT2D eigenvalue weighted by Gasteiger charge is 2.18. The molecule has 1 aromatic carbocycles. The number of hydrogen-bond donors (Lipinski definition) is 0. The van der Waals surface area contributed by atoms with E-state index in [0.717, 1.165) is 17.0 Å². The van der Waals surface area contributed by atoms with Crippen molar-refractivity contribution in [3.05, 3.63) is 47.9 Å². The summed E-state index contributed by atoms with van der Waals surface area (Å²) in [5, 5.41) is 6.76. The van der Waals surface area contributed by atoms with E-state index in [1.165, 1.54) is 16.3 Å². The van der Waals surface area contributed by atoms with E-state index in [-0.39, 0.29) is 5.41 Å². The lowest BCUT2D eigenvalue weighted by Gasteiger charge is -2.22. The van der Waals surface area contributed by atoms with Crippen molar-refractivity contribution in [3.63, 3.8) is 0 Å². The van der Waals surface area contributed by atoms with Crippen LogP contribution >= 0.6 is 0 Å². The van der Waals surface area contributed by atoms with E-state index in [2.05, 4.69) is 57.1 Å². The van der Waals surface area contributed by atoms with Crippen LogP contribution in [-0.2, 0) is 12.5 Å². The van der Waals surface area contributed by atoms with E-state index in [1.54, 1.807) is 0 Å². The second-order valence-electron chi connectivity index (χ2n) is 6.65. The molecule has 0 aliphatic carbocycles. The molecule has 3 nitrogen and oxygen atoms in total. The second-order valence-corrected chi connectivity index (χ2v) is 6.65. The van der Waals surface area contributed by atoms with Gasteiger partial charge in [0.15, 0.2) is 0 Å². The van der Waals surface area contributed by atoms with Crippen molar-refractivity contribution in [1.29, 1.82) is 0 Å². The van der Waals surface area contributed by atoms with Gasteiger partial charge >= 0.3 is 0 Å². The van der Waals surface area contributed by atoms with E-state index in [4.69, 9.17) is 4.98 Å². The first-order valence-corrected chi connectivity index (χ1v) is 7.26. The highest BCUT2D eigenvalue weighted by atomic mass is 15.2. The van der Waals surface area contributed by atoms with Crippen molar-refractivity contribution >= 4 is 10.8 Å². The monoisotopic (exact) mass is 279 g/mol. The fraction of sp³-hybridized carbons (Fsp3) is 0.333. The Bertz CT molecular complexity index is 807. The highest BCUT2D eigenvalue weighted by Crippen LogP contribution is 2.33. The topological polar surface area (TPSA) is 30.7 Å². The third kappa shape index (κ3) is 2.44. The zero-order valence-electron chi connectivity index (χ0n) is 13.3. The SMILES string of the molecule is Cc1nc(-c2cnn(C)c2)cc2cccc(C(C)(C)C)c12. The van der Waals surface area contributed by atoms with Crippen LogP contribution in [0, 0.1) is 6.92 Å². The summed E-state index contributed by atoms with van der Waals surface area (Å²) in [5.74, 6) is 0. The Morgan fingerprint density at radius 1 is 1.14 bits per heavy atom. The molecular weight excluding hydrogens is 258 g/mol. The van der Waals surface area contributed by atoms with Gasteiger partial charge in [0, 0.05) is 29.9 Å². The molecule has 0 atom stereocenters. The summed E-state index contributed by atoms with van der Waals surface area (Å²) in [6, 6.07) is 8.67. The zero-order chi connectivity index (χ0) is 15.2. The second kappa shape index (κ2) is 4.69. The van der Waals surface area contributed by atoms with E-state index >= 15 is 0 Å². The molecule has 21 heavy (non-hydrogen) atoms. The van der Waals surface area contributed by atoms with Crippen molar-refractivity contribution in [1.82, 2.24) is 14.8 Å². The van der Waals surface area contributed by atoms with Gasteiger partial charge in [0.2, 0.25) is 0 Å². The molecule has 0 aliphatic heterocycles. The van der Waals surface area contributed by atoms with Gasteiger partial charge in [-0.3, -0.25) is 9.67 Å². The molecule has 0 radical (unpaired) electrons. The Hall–Kier alpha value is -2.16. The smallest absolute Gasteiger partial charge is 0.0743 e. The van der Waals surface area contributed by atoms with Crippen LogP contribution < -0.4 is 0 Å². The number of fused-ring (bicyclic) bond motifs is 1. The molecule has 0 fully saturated rings. The zero-order valence-corrected chi connectivity index (χ0v) is 13.3. The van der Waals surface area contributed by atoms with Gasteiger partial charge in [-0.1, -0.05) is 39.0 Å². The summed E-state index contributed by atoms with van der Waals surface area (Å²) in [6.07, 6.45) is 3.86. The Morgan fingerprint density at radius 2 is 1.90 bits per heavy atom. The van der Waals surface area contributed by atoms with Gasteiger partial charge in [-0.15, -0.1) is 0 Å². The molecule has 3 heteroatoms. The summed E-state index contributed by atoms with van der Waals surface area (Å²) < 4.78 is 1.81. The lowest BCUT2D eigenvalue weighted by atomic mass is 9.83. The van der Waals surface area contributed by atoms with Crippen molar-refractivity contribution in [2.24, 2.45) is 7.05 Å². The van der Waals surface area contributed by atoms with Crippen LogP contribution in [0.5, 0.6) is 0 Å². The third-order valence-corrected chi connectivity index (χ3v) is 3.85. The first kappa shape index (κ1) is 13.8. The maximum atomic E-state index is 4.81. The maximum Gasteiger partial charge on any atom is 0.0743 e. The molecule has 0 spiro atoms. The Balaban J connectivity index is 2.27. The molecule has 0 aliphatic rings. The summed E-state index contributed by atoms with van der Waals surface area (Å²) in [5.41, 5.74) is 4.59. The van der Waals surface area contributed by atoms with Crippen LogP contribution in [-0.4, -0.2) is 14.8 Å². The van der Waals surface area contributed by atoms with Gasteiger partial charge in [-0.05, 0) is 29.4 Å². The largest absolute Gasteiger partial charge is 0.275 e. The minimum Gasteiger partial charge on any atom is -0.275 e. The van der Waals surface area contributed by atoms with Gasteiger partial charge in [0.05, 0.1) is 11.9 Å². The van der Waals surface area contributed by atoms with Crippen LogP contribution in [0.3, 0.4) is 0 Å². The molecule has 3 aromatic rings. The molecule has 0 bridgehead atoms. The normalized spacial score (nSPS) is 12.0. The standard InChI is InChI=1S/C18H21N3/c1-12-17-13(7-6-8-15(17)18(2,3)4)9-16(20-12)14-10-19-21(5)11-14/h6-11H,1-5H3. The molecule has 108 valence electrons. The van der Waals surface area contributed by atoms with Crippen molar-refractivity contribution in [3.8, 4) is 11.3 Å². The lowest BCUT2D eigenvalue weighted by molar-refractivity contribution is 0.595. The number of benzene rings is 1. The number of hydrogen-bond acceptors (Lipinski definition) is 2. The van der Waals surface area contributed by atoms with Crippen LogP contribution in [0.1, 0.15) is 32.0 Å². The summed E-state index contributed by atoms with van der Waals surface area (Å²) in [4.78, 5) is 4.81. The lowest BCUT2D eigenvalue weighted by Crippen LogP contribution is -2.12. The number of nitrogens with zero attached hydrogens (tertiary/aromatic N) is 3. The van der Waals surface area contributed by atoms with Crippen LogP contribution in [0.25, 0.3) is 22.0 Å². The summed E-state index contributed by atoms with van der Waals surface area (Å²) >= 11 is 0. The molecule has 0 saturated carbocycles. The predicted octanol–water partition coefficient (Wildman–Crippen LogP) is 4.24. The van der Waals surface area contributed by atoms with Crippen LogP contribution in [0.2, 0.25) is 0 Å². The van der Waals surface area contributed by atoms with Gasteiger partial charge in [-0.2, -0.15) is 5.10 Å². The Kier molecular flexibility index (Phi) is 3.08. The Labute approximate surface area is 125 Å². The molecule has 3 rings (SSSR count). The van der Waals surface area contributed by atoms with Crippen LogP contribution in [0.15, 0.2) is 36.7 Å². The van der Waals surface area contributed by atoms with E-state index in [0.29, 0.717) is 0 Å². The van der Waals surface area contributed by atoms with Crippen molar-refractivity contribution in [2.45, 2.75) is 33.1 Å². The van der Waals surface area contributed by atoms with Crippen molar-refractivity contribution < 1.29 is 0 Å². The average molecular weight is 279 g/mol. The Morgan fingerprint density at radius 3 is 2.52 bits per heavy atom. The molecule has 0 saturated heterocycles. The average Bonchev–Trinajstić information content (AvgIpc) is 2.83. The minimum atomic E-state index is 0.113. The molecule has 0 N–H and O–H groups in total. The minimum absolute atomic E-state index is 0.113. The van der Waals surface area contributed by atoms with E-state index in [1.807, 2.05) is 24.1 Å². The van der Waals surface area contributed by atoms with E-state index < -0.39 is 0 Å². The molecule has 2 heterocycles. The molecule has 0 amide bonds. The van der Waals surface area contributed by atoms with Gasteiger partial charge in [-0.25, -0.2) is 0 Å². The van der Waals surface area contributed by atoms with Crippen molar-refractivity contribution in [2.75, 3.05) is 0 Å². The first-order valence-electron chi connectivity index (χ1n) is 7.26. The van der Waals surface area contributed by atoms with E-state index in [9.17, 15) is 0 Å². The van der Waals surface area contributed by atoms with Crippen LogP contribution in [0.4, 0.5) is 0 Å². The van der Waals surface area contributed by atoms with Gasteiger partial charge in [0.25, 0.3) is 0 Å². The number of pyridine rings is 1. The predicted molar refractivity (Wildman–Crippen MR) is 87.4 cm³/mol. The maximum absolute atomic E-state index is 4.81. The molecule has 0 unspecified atom stereocenters. The highest BCUT2D eigenvalue weighted by molar-refractivity contribution is 5.91.